The molecule has 0 aliphatic rings. The van der Waals surface area contributed by atoms with E-state index >= 15 is 0 Å². The first-order valence-corrected chi connectivity index (χ1v) is 8.57. The van der Waals surface area contributed by atoms with E-state index in [2.05, 4.69) is 13.8 Å². The quantitative estimate of drug-likeness (QED) is 0.519. The number of ether oxygens (including phenoxy) is 1. The van der Waals surface area contributed by atoms with Crippen molar-refractivity contribution in [1.29, 1.82) is 0 Å². The number of nitro benzene ring substituents is 1. The van der Waals surface area contributed by atoms with Crippen molar-refractivity contribution in [1.82, 2.24) is 4.98 Å². The normalized spacial score (nSPS) is 12.3. The smallest absolute Gasteiger partial charge is 0.269 e. The number of benzene rings is 1. The minimum atomic E-state index is -0.373. The molecular formula is C17H22N2O3S. The van der Waals surface area contributed by atoms with E-state index in [-0.39, 0.29) is 10.6 Å². The molecule has 0 fully saturated rings. The van der Waals surface area contributed by atoms with Gasteiger partial charge in [-0.25, -0.2) is 4.98 Å². The molecule has 1 heterocycles. The van der Waals surface area contributed by atoms with E-state index in [9.17, 15) is 10.1 Å². The Morgan fingerprint density at radius 1 is 1.35 bits per heavy atom. The standard InChI is InChI=1S/C17H22N2O3S/c1-4-5-12(2)17-15(23-16(18-17)11-22-3)10-13-6-8-14(9-7-13)19(20)21/h6-9,12H,4-5,10-11H2,1-3H3. The third kappa shape index (κ3) is 4.59. The van der Waals surface area contributed by atoms with Gasteiger partial charge in [0.15, 0.2) is 0 Å². The summed E-state index contributed by atoms with van der Waals surface area (Å²) in [5.74, 6) is 0.412. The lowest BCUT2D eigenvalue weighted by molar-refractivity contribution is -0.384. The Bertz CT molecular complexity index is 652. The molecule has 0 bridgehead atoms. The molecule has 1 aromatic carbocycles. The molecule has 2 rings (SSSR count). The van der Waals surface area contributed by atoms with Crippen molar-refractivity contribution in [3.8, 4) is 0 Å². The molecule has 1 unspecified atom stereocenters. The molecule has 0 aliphatic heterocycles. The fourth-order valence-electron chi connectivity index (χ4n) is 2.60. The summed E-state index contributed by atoms with van der Waals surface area (Å²) in [6.07, 6.45) is 2.97. The number of thiazole rings is 1. The first-order valence-electron chi connectivity index (χ1n) is 7.75. The molecule has 124 valence electrons. The SMILES string of the molecule is CCCC(C)c1nc(COC)sc1Cc1ccc([N+](=O)[O-])cc1. The predicted molar refractivity (Wildman–Crippen MR) is 92.1 cm³/mol. The van der Waals surface area contributed by atoms with Gasteiger partial charge < -0.3 is 4.74 Å². The molecule has 0 amide bonds. The maximum Gasteiger partial charge on any atom is 0.269 e. The third-order valence-electron chi connectivity index (χ3n) is 3.74. The van der Waals surface area contributed by atoms with Crippen LogP contribution >= 0.6 is 11.3 Å². The molecule has 23 heavy (non-hydrogen) atoms. The Kier molecular flexibility index (Phi) is 6.24. The summed E-state index contributed by atoms with van der Waals surface area (Å²) in [6.45, 7) is 4.90. The molecule has 1 atom stereocenters. The number of non-ortho nitro benzene ring substituents is 1. The number of rotatable bonds is 8. The molecule has 5 nitrogen and oxygen atoms in total. The van der Waals surface area contributed by atoms with Crippen LogP contribution in [0.4, 0.5) is 5.69 Å². The van der Waals surface area contributed by atoms with Crippen LogP contribution < -0.4 is 0 Å². The Morgan fingerprint density at radius 2 is 2.04 bits per heavy atom. The fourth-order valence-corrected chi connectivity index (χ4v) is 3.80. The van der Waals surface area contributed by atoms with Crippen molar-refractivity contribution < 1.29 is 9.66 Å². The molecule has 2 aromatic rings. The lowest BCUT2D eigenvalue weighted by atomic mass is 9.99. The number of aromatic nitrogens is 1. The Balaban J connectivity index is 2.24. The van der Waals surface area contributed by atoms with Gasteiger partial charge in [-0.05, 0) is 17.9 Å². The van der Waals surface area contributed by atoms with E-state index in [1.807, 2.05) is 12.1 Å². The van der Waals surface area contributed by atoms with Gasteiger partial charge >= 0.3 is 0 Å². The summed E-state index contributed by atoms with van der Waals surface area (Å²) in [6, 6.07) is 6.76. The molecule has 0 radical (unpaired) electrons. The summed E-state index contributed by atoms with van der Waals surface area (Å²) in [4.78, 5) is 16.3. The van der Waals surface area contributed by atoms with Gasteiger partial charge in [0, 0.05) is 30.5 Å². The van der Waals surface area contributed by atoms with Gasteiger partial charge in [-0.2, -0.15) is 0 Å². The lowest BCUT2D eigenvalue weighted by Gasteiger charge is -2.10. The summed E-state index contributed by atoms with van der Waals surface area (Å²) in [5.41, 5.74) is 2.33. The number of nitro groups is 1. The molecule has 0 aliphatic carbocycles. The highest BCUT2D eigenvalue weighted by Crippen LogP contribution is 2.30. The number of hydrogen-bond acceptors (Lipinski definition) is 5. The van der Waals surface area contributed by atoms with Gasteiger partial charge in [-0.3, -0.25) is 10.1 Å². The second kappa shape index (κ2) is 8.17. The van der Waals surface area contributed by atoms with Crippen LogP contribution in [0.15, 0.2) is 24.3 Å². The third-order valence-corrected chi connectivity index (χ3v) is 4.78. The summed E-state index contributed by atoms with van der Waals surface area (Å²) in [5, 5.41) is 11.7. The molecular weight excluding hydrogens is 312 g/mol. The van der Waals surface area contributed by atoms with E-state index in [1.54, 1.807) is 30.6 Å². The van der Waals surface area contributed by atoms with E-state index in [0.29, 0.717) is 12.5 Å². The monoisotopic (exact) mass is 334 g/mol. The van der Waals surface area contributed by atoms with Crippen molar-refractivity contribution >= 4 is 17.0 Å². The minimum absolute atomic E-state index is 0.123. The van der Waals surface area contributed by atoms with Crippen molar-refractivity contribution in [2.45, 2.75) is 45.6 Å². The highest BCUT2D eigenvalue weighted by atomic mass is 32.1. The maximum atomic E-state index is 10.7. The van der Waals surface area contributed by atoms with Crippen LogP contribution in [0, 0.1) is 10.1 Å². The van der Waals surface area contributed by atoms with Crippen LogP contribution in [-0.2, 0) is 17.8 Å². The molecule has 6 heteroatoms. The van der Waals surface area contributed by atoms with Gasteiger partial charge in [0.25, 0.3) is 5.69 Å². The van der Waals surface area contributed by atoms with Crippen LogP contribution in [0.2, 0.25) is 0 Å². The summed E-state index contributed by atoms with van der Waals surface area (Å²) < 4.78 is 5.20. The van der Waals surface area contributed by atoms with E-state index in [0.717, 1.165) is 35.5 Å². The molecule has 0 saturated carbocycles. The fraction of sp³-hybridized carbons (Fsp3) is 0.471. The second-order valence-corrected chi connectivity index (χ2v) is 6.81. The second-order valence-electron chi connectivity index (χ2n) is 5.64. The van der Waals surface area contributed by atoms with Crippen molar-refractivity contribution in [2.24, 2.45) is 0 Å². The molecule has 0 spiro atoms. The average Bonchev–Trinajstić information content (AvgIpc) is 2.91. The zero-order valence-corrected chi connectivity index (χ0v) is 14.6. The molecule has 1 aromatic heterocycles. The first kappa shape index (κ1) is 17.6. The molecule has 0 saturated heterocycles. The minimum Gasteiger partial charge on any atom is -0.378 e. The van der Waals surface area contributed by atoms with E-state index in [4.69, 9.17) is 9.72 Å². The van der Waals surface area contributed by atoms with Gasteiger partial charge in [-0.1, -0.05) is 32.4 Å². The van der Waals surface area contributed by atoms with E-state index in [1.165, 1.54) is 4.88 Å². The van der Waals surface area contributed by atoms with Crippen molar-refractivity contribution in [2.75, 3.05) is 7.11 Å². The first-order chi connectivity index (χ1) is 11.0. The predicted octanol–water partition coefficient (Wildman–Crippen LogP) is 4.69. The Labute approximate surface area is 140 Å². The van der Waals surface area contributed by atoms with E-state index < -0.39 is 0 Å². The average molecular weight is 334 g/mol. The van der Waals surface area contributed by atoms with Crippen LogP contribution in [0.5, 0.6) is 0 Å². The zero-order chi connectivity index (χ0) is 16.8. The number of hydrogen-bond donors (Lipinski definition) is 0. The highest BCUT2D eigenvalue weighted by molar-refractivity contribution is 7.11. The summed E-state index contributed by atoms with van der Waals surface area (Å²) in [7, 11) is 1.67. The van der Waals surface area contributed by atoms with Crippen LogP contribution in [0.3, 0.4) is 0 Å². The van der Waals surface area contributed by atoms with Gasteiger partial charge in [-0.15, -0.1) is 11.3 Å². The topological polar surface area (TPSA) is 65.3 Å². The Morgan fingerprint density at radius 3 is 2.61 bits per heavy atom. The van der Waals surface area contributed by atoms with Gasteiger partial charge in [0.05, 0.1) is 17.2 Å². The van der Waals surface area contributed by atoms with Crippen LogP contribution in [0.1, 0.15) is 53.7 Å². The zero-order valence-electron chi connectivity index (χ0n) is 13.7. The summed E-state index contributed by atoms with van der Waals surface area (Å²) >= 11 is 1.67. The highest BCUT2D eigenvalue weighted by Gasteiger charge is 2.17. The van der Waals surface area contributed by atoms with Crippen molar-refractivity contribution in [3.63, 3.8) is 0 Å². The van der Waals surface area contributed by atoms with Crippen LogP contribution in [-0.4, -0.2) is 17.0 Å². The van der Waals surface area contributed by atoms with Crippen LogP contribution in [0.25, 0.3) is 0 Å². The molecule has 0 N–H and O–H groups in total. The number of nitrogens with zero attached hydrogens (tertiary/aromatic N) is 2. The Hall–Kier alpha value is -1.79. The van der Waals surface area contributed by atoms with Crippen molar-refractivity contribution in [3.05, 3.63) is 55.5 Å². The lowest BCUT2D eigenvalue weighted by Crippen LogP contribution is -1.99. The largest absolute Gasteiger partial charge is 0.378 e. The van der Waals surface area contributed by atoms with Gasteiger partial charge in [0.1, 0.15) is 5.01 Å². The number of methoxy groups -OCH3 is 1. The van der Waals surface area contributed by atoms with Gasteiger partial charge in [0.2, 0.25) is 0 Å². The maximum absolute atomic E-state index is 10.7.